The van der Waals surface area contributed by atoms with Gasteiger partial charge in [-0.1, -0.05) is 60.7 Å². The molecule has 4 amide bonds. The molecule has 6 aliphatic rings. The molecule has 4 aliphatic heterocycles. The third kappa shape index (κ3) is 10.1. The fraction of sp³-hybridized carbons (Fsp3) is 0.595. The van der Waals surface area contributed by atoms with Gasteiger partial charge in [-0.15, -0.1) is 0 Å². The number of amides is 4. The van der Waals surface area contributed by atoms with Gasteiger partial charge >= 0.3 is 12.2 Å². The standard InChI is InChI=1S/C21H26F2N2O4.C21H26N2O5/c22-21(23)9-6-18-17(12-21)25(19(26)14-28-18)16-7-10-24(11-8-16)20(27)29-13-15-4-2-1-3-5-15;24-17-6-7-19-18(12-17)23(20(25)14-27-19)16-8-10-22(11-9-16)21(26)28-13-15-4-2-1-3-5-15/h1-5,16-18H,6-14H2;1-5,16,18-19H,6-14H2/t17-,18-;18-,19-/m11/s1. The Balaban J connectivity index is 0.000000174. The quantitative estimate of drug-likeness (QED) is 0.380. The van der Waals surface area contributed by atoms with Gasteiger partial charge < -0.3 is 38.5 Å². The molecule has 4 atom stereocenters. The van der Waals surface area contributed by atoms with Crippen LogP contribution in [0.5, 0.6) is 0 Å². The van der Waals surface area contributed by atoms with Crippen LogP contribution >= 0.6 is 0 Å². The van der Waals surface area contributed by atoms with Crippen LogP contribution in [0.15, 0.2) is 60.7 Å². The normalized spacial score (nSPS) is 26.8. The monoisotopic (exact) mass is 794 g/mol. The molecule has 8 rings (SSSR count). The number of rotatable bonds is 6. The Kier molecular flexibility index (Phi) is 13.0. The summed E-state index contributed by atoms with van der Waals surface area (Å²) in [6, 6.07) is 18.2. The number of hydrogen-bond acceptors (Lipinski definition) is 9. The van der Waals surface area contributed by atoms with Crippen molar-refractivity contribution in [3.63, 3.8) is 0 Å². The number of morpholine rings is 2. The predicted molar refractivity (Wildman–Crippen MR) is 201 cm³/mol. The number of ether oxygens (including phenoxy) is 4. The van der Waals surface area contributed by atoms with E-state index >= 15 is 0 Å². The first-order valence-electron chi connectivity index (χ1n) is 20.2. The van der Waals surface area contributed by atoms with E-state index in [9.17, 15) is 32.8 Å². The molecule has 0 unspecified atom stereocenters. The van der Waals surface area contributed by atoms with Crippen molar-refractivity contribution in [2.75, 3.05) is 39.4 Å². The molecule has 4 saturated heterocycles. The Morgan fingerprint density at radius 1 is 0.649 bits per heavy atom. The van der Waals surface area contributed by atoms with Crippen molar-refractivity contribution in [1.82, 2.24) is 19.6 Å². The maximum absolute atomic E-state index is 14.0. The van der Waals surface area contributed by atoms with E-state index in [4.69, 9.17) is 18.9 Å². The average Bonchev–Trinajstić information content (AvgIpc) is 3.22. The molecule has 0 N–H and O–H groups in total. The molecule has 13 nitrogen and oxygen atoms in total. The van der Waals surface area contributed by atoms with Gasteiger partial charge in [0.25, 0.3) is 0 Å². The number of piperidine rings is 2. The number of carbonyl (C=O) groups excluding carboxylic acids is 5. The van der Waals surface area contributed by atoms with Gasteiger partial charge in [-0.25, -0.2) is 18.4 Å². The first-order chi connectivity index (χ1) is 27.5. The Morgan fingerprint density at radius 2 is 1.11 bits per heavy atom. The van der Waals surface area contributed by atoms with E-state index < -0.39 is 12.0 Å². The second-order valence-corrected chi connectivity index (χ2v) is 15.8. The Hall–Kier alpha value is -4.63. The molecule has 2 aromatic rings. The van der Waals surface area contributed by atoms with Crippen molar-refractivity contribution in [3.8, 4) is 0 Å². The van der Waals surface area contributed by atoms with Gasteiger partial charge in [-0.05, 0) is 49.7 Å². The average molecular weight is 795 g/mol. The maximum Gasteiger partial charge on any atom is 0.410 e. The van der Waals surface area contributed by atoms with Crippen LogP contribution in [0.4, 0.5) is 18.4 Å². The fourth-order valence-electron chi connectivity index (χ4n) is 9.09. The minimum absolute atomic E-state index is 0.0377. The van der Waals surface area contributed by atoms with E-state index in [-0.39, 0.29) is 106 Å². The van der Waals surface area contributed by atoms with Gasteiger partial charge in [0.1, 0.15) is 32.2 Å². The molecule has 0 radical (unpaired) electrons. The van der Waals surface area contributed by atoms with Crippen molar-refractivity contribution >= 4 is 29.8 Å². The number of carbonyl (C=O) groups is 5. The lowest BCUT2D eigenvalue weighted by Crippen LogP contribution is -2.63. The summed E-state index contributed by atoms with van der Waals surface area (Å²) in [4.78, 5) is 68.4. The highest BCUT2D eigenvalue weighted by atomic mass is 19.3. The van der Waals surface area contributed by atoms with Gasteiger partial charge in [0.05, 0.1) is 24.3 Å². The Bertz CT molecular complexity index is 1720. The summed E-state index contributed by atoms with van der Waals surface area (Å²) in [6.45, 7) is 2.49. The number of ketones is 1. The number of nitrogens with zero attached hydrogens (tertiary/aromatic N) is 4. The van der Waals surface area contributed by atoms with Crippen LogP contribution in [-0.4, -0.2) is 131 Å². The molecule has 15 heteroatoms. The zero-order valence-corrected chi connectivity index (χ0v) is 32.2. The second-order valence-electron chi connectivity index (χ2n) is 15.8. The summed E-state index contributed by atoms with van der Waals surface area (Å²) in [5.41, 5.74) is 1.87. The highest BCUT2D eigenvalue weighted by molar-refractivity contribution is 5.84. The lowest BCUT2D eigenvalue weighted by molar-refractivity contribution is -0.183. The smallest absolute Gasteiger partial charge is 0.410 e. The van der Waals surface area contributed by atoms with Gasteiger partial charge in [0.15, 0.2) is 0 Å². The zero-order chi connectivity index (χ0) is 39.9. The lowest BCUT2D eigenvalue weighted by Gasteiger charge is -2.50. The molecule has 57 heavy (non-hydrogen) atoms. The predicted octanol–water partition coefficient (Wildman–Crippen LogP) is 5.34. The molecule has 0 bridgehead atoms. The van der Waals surface area contributed by atoms with Crippen molar-refractivity contribution < 1.29 is 51.7 Å². The van der Waals surface area contributed by atoms with Crippen LogP contribution in [-0.2, 0) is 46.5 Å². The highest BCUT2D eigenvalue weighted by Crippen LogP contribution is 2.40. The molecule has 0 aromatic heterocycles. The summed E-state index contributed by atoms with van der Waals surface area (Å²) in [5, 5.41) is 0. The van der Waals surface area contributed by atoms with E-state index in [0.717, 1.165) is 11.1 Å². The number of fused-ring (bicyclic) bond motifs is 2. The number of likely N-dealkylation sites (tertiary alicyclic amines) is 2. The third-order valence-corrected chi connectivity index (χ3v) is 12.1. The fourth-order valence-corrected chi connectivity index (χ4v) is 9.09. The number of benzene rings is 2. The number of alkyl halides is 2. The minimum Gasteiger partial charge on any atom is -0.445 e. The van der Waals surface area contributed by atoms with E-state index in [2.05, 4.69) is 0 Å². The van der Waals surface area contributed by atoms with Crippen LogP contribution in [0.25, 0.3) is 0 Å². The number of Topliss-reactive ketones (excluding diaryl/α,β-unsaturated/α-hetero) is 1. The molecule has 2 aromatic carbocycles. The molecule has 6 fully saturated rings. The summed E-state index contributed by atoms with van der Waals surface area (Å²) in [5.74, 6) is -2.83. The van der Waals surface area contributed by atoms with E-state index in [1.807, 2.05) is 65.6 Å². The maximum atomic E-state index is 14.0. The van der Waals surface area contributed by atoms with Gasteiger partial charge in [0, 0.05) is 63.9 Å². The Morgan fingerprint density at radius 3 is 1.60 bits per heavy atom. The van der Waals surface area contributed by atoms with Gasteiger partial charge in [0.2, 0.25) is 17.7 Å². The van der Waals surface area contributed by atoms with Crippen molar-refractivity contribution in [2.24, 2.45) is 0 Å². The zero-order valence-electron chi connectivity index (χ0n) is 32.2. The second kappa shape index (κ2) is 18.3. The lowest BCUT2D eigenvalue weighted by atomic mass is 9.85. The molecule has 308 valence electrons. The van der Waals surface area contributed by atoms with Crippen LogP contribution in [0.2, 0.25) is 0 Å². The first kappa shape index (κ1) is 40.6. The van der Waals surface area contributed by atoms with Crippen LogP contribution in [0.3, 0.4) is 0 Å². The molecule has 0 spiro atoms. The first-order valence-corrected chi connectivity index (χ1v) is 20.2. The highest BCUT2D eigenvalue weighted by Gasteiger charge is 2.50. The van der Waals surface area contributed by atoms with Gasteiger partial charge in [-0.2, -0.15) is 0 Å². The molecule has 2 saturated carbocycles. The number of halogens is 2. The number of hydrogen-bond donors (Lipinski definition) is 0. The van der Waals surface area contributed by atoms with Crippen LogP contribution < -0.4 is 0 Å². The van der Waals surface area contributed by atoms with E-state index in [1.165, 1.54) is 0 Å². The van der Waals surface area contributed by atoms with Crippen LogP contribution in [0.1, 0.15) is 75.3 Å². The SMILES string of the molecule is O=C(OCc1ccccc1)N1CCC(N2C(=O)CO[C@@H]3CCC(F)(F)C[C@H]32)CC1.O=C1CC[C@H]2OCC(=O)N(C3CCN(C(=O)OCc4ccccc4)CC3)[C@@H]2C1. The molecule has 4 heterocycles. The van der Waals surface area contributed by atoms with Crippen molar-refractivity contribution in [3.05, 3.63) is 71.8 Å². The van der Waals surface area contributed by atoms with Crippen molar-refractivity contribution in [1.29, 1.82) is 0 Å². The molecular formula is C42H52F2N4O9. The summed E-state index contributed by atoms with van der Waals surface area (Å²) in [7, 11) is 0. The van der Waals surface area contributed by atoms with E-state index in [0.29, 0.717) is 71.1 Å². The topological polar surface area (TPSA) is 135 Å². The molecule has 2 aliphatic carbocycles. The molecular weight excluding hydrogens is 742 g/mol. The summed E-state index contributed by atoms with van der Waals surface area (Å²) >= 11 is 0. The van der Waals surface area contributed by atoms with Crippen molar-refractivity contribution in [2.45, 2.75) is 120 Å². The third-order valence-electron chi connectivity index (χ3n) is 12.1. The Labute approximate surface area is 331 Å². The van der Waals surface area contributed by atoms with Gasteiger partial charge in [-0.3, -0.25) is 14.4 Å². The summed E-state index contributed by atoms with van der Waals surface area (Å²) in [6.07, 6.45) is 2.79. The largest absolute Gasteiger partial charge is 0.445 e. The summed E-state index contributed by atoms with van der Waals surface area (Å²) < 4.78 is 49.9. The van der Waals surface area contributed by atoms with E-state index in [1.54, 1.807) is 14.7 Å². The van der Waals surface area contributed by atoms with Crippen LogP contribution in [0, 0.1) is 0 Å². The minimum atomic E-state index is -2.76.